The van der Waals surface area contributed by atoms with E-state index < -0.39 is 22.0 Å². The number of nitrogens with zero attached hydrogens (tertiary/aromatic N) is 1. The van der Waals surface area contributed by atoms with Gasteiger partial charge >= 0.3 is 0 Å². The van der Waals surface area contributed by atoms with Gasteiger partial charge in [-0.3, -0.25) is 15.0 Å². The third-order valence-corrected chi connectivity index (χ3v) is 7.61. The lowest BCUT2D eigenvalue weighted by Gasteiger charge is -2.24. The molecule has 2 aliphatic heterocycles. The van der Waals surface area contributed by atoms with E-state index in [0.29, 0.717) is 50.1 Å². The number of sulfonamides is 1. The smallest absolute Gasteiger partial charge is 0.241 e. The number of hydrogen-bond donors (Lipinski definition) is 4. The minimum Gasteiger partial charge on any atom is -0.493 e. The van der Waals surface area contributed by atoms with Crippen LogP contribution in [0.4, 0.5) is 0 Å². The third kappa shape index (κ3) is 5.98. The molecule has 0 radical (unpaired) electrons. The molecule has 2 aromatic carbocycles. The molecule has 10 nitrogen and oxygen atoms in total. The first-order valence-electron chi connectivity index (χ1n) is 11.5. The van der Waals surface area contributed by atoms with Crippen molar-refractivity contribution in [2.75, 3.05) is 19.7 Å². The highest BCUT2D eigenvalue weighted by molar-refractivity contribution is 7.89. The molecule has 35 heavy (non-hydrogen) atoms. The van der Waals surface area contributed by atoms with Crippen LogP contribution in [0.1, 0.15) is 36.0 Å². The predicted molar refractivity (Wildman–Crippen MR) is 129 cm³/mol. The fourth-order valence-corrected chi connectivity index (χ4v) is 5.46. The van der Waals surface area contributed by atoms with Gasteiger partial charge in [-0.25, -0.2) is 8.42 Å². The zero-order valence-electron chi connectivity index (χ0n) is 19.2. The van der Waals surface area contributed by atoms with Crippen LogP contribution in [0.15, 0.2) is 47.4 Å². The minimum absolute atomic E-state index is 0.0318. The second-order valence-corrected chi connectivity index (χ2v) is 10.4. The van der Waals surface area contributed by atoms with Crippen molar-refractivity contribution in [2.45, 2.75) is 43.2 Å². The van der Waals surface area contributed by atoms with Crippen molar-refractivity contribution in [3.63, 3.8) is 0 Å². The number of carbonyl (C=O) groups is 2. The number of amides is 2. The van der Waals surface area contributed by atoms with Crippen molar-refractivity contribution in [3.8, 4) is 5.75 Å². The molecule has 0 aliphatic carbocycles. The van der Waals surface area contributed by atoms with E-state index in [4.69, 9.17) is 15.9 Å². The number of benzene rings is 2. The van der Waals surface area contributed by atoms with E-state index in [0.717, 1.165) is 11.1 Å². The van der Waals surface area contributed by atoms with Gasteiger partial charge in [-0.1, -0.05) is 24.3 Å². The Labute approximate surface area is 204 Å². The molecule has 0 spiro atoms. The van der Waals surface area contributed by atoms with Crippen molar-refractivity contribution in [2.24, 2.45) is 5.73 Å². The Kier molecular flexibility index (Phi) is 7.37. The third-order valence-electron chi connectivity index (χ3n) is 6.14. The fourth-order valence-electron chi connectivity index (χ4n) is 4.19. The summed E-state index contributed by atoms with van der Waals surface area (Å²) in [4.78, 5) is 27.2. The number of ether oxygens (including phenoxy) is 1. The Morgan fingerprint density at radius 3 is 2.69 bits per heavy atom. The van der Waals surface area contributed by atoms with Crippen molar-refractivity contribution in [1.82, 2.24) is 14.9 Å². The average Bonchev–Trinajstić information content (AvgIpc) is 3.25. The molecule has 1 atom stereocenters. The number of nitrogen functional groups attached to an aromatic ring is 1. The molecule has 0 aromatic heterocycles. The summed E-state index contributed by atoms with van der Waals surface area (Å²) >= 11 is 0. The first kappa shape index (κ1) is 24.7. The second kappa shape index (κ2) is 10.4. The molecule has 2 heterocycles. The van der Waals surface area contributed by atoms with Gasteiger partial charge in [0, 0.05) is 25.1 Å². The molecule has 186 valence electrons. The zero-order chi connectivity index (χ0) is 25.0. The van der Waals surface area contributed by atoms with Crippen LogP contribution in [0.25, 0.3) is 0 Å². The van der Waals surface area contributed by atoms with Gasteiger partial charge in [0.25, 0.3) is 0 Å². The largest absolute Gasteiger partial charge is 0.493 e. The predicted octanol–water partition coefficient (Wildman–Crippen LogP) is 0.881. The number of rotatable bonds is 8. The monoisotopic (exact) mass is 499 g/mol. The van der Waals surface area contributed by atoms with E-state index >= 15 is 0 Å². The van der Waals surface area contributed by atoms with Crippen LogP contribution >= 0.6 is 0 Å². The van der Waals surface area contributed by atoms with Crippen molar-refractivity contribution < 1.29 is 22.7 Å². The van der Waals surface area contributed by atoms with E-state index in [2.05, 4.69) is 10.0 Å². The number of fused-ring (bicyclic) bond motifs is 1. The van der Waals surface area contributed by atoms with Crippen LogP contribution in [0.2, 0.25) is 0 Å². The molecule has 0 unspecified atom stereocenters. The van der Waals surface area contributed by atoms with Crippen LogP contribution in [0, 0.1) is 5.41 Å². The number of amidine groups is 1. The standard InChI is InChI=1S/C24H29N5O5S/c25-23(26)17-6-4-16(5-7-17)14-27-22(30)15-29-11-2-1-3-20(24(29)31)28-35(32,33)19-8-9-21-18(13-19)10-12-34-21/h4-9,13,20,28H,1-3,10-12,14-15H2,(H3,25,26)(H,27,30)/t20-/m0/s1. The van der Waals surface area contributed by atoms with Crippen LogP contribution in [0.3, 0.4) is 0 Å². The summed E-state index contributed by atoms with van der Waals surface area (Å²) in [6.07, 6.45) is 2.36. The van der Waals surface area contributed by atoms with Gasteiger partial charge in [0.05, 0.1) is 18.0 Å². The fraction of sp³-hybridized carbons (Fsp3) is 0.375. The molecule has 2 aliphatic rings. The van der Waals surface area contributed by atoms with Gasteiger partial charge in [-0.2, -0.15) is 4.72 Å². The first-order valence-corrected chi connectivity index (χ1v) is 13.0. The van der Waals surface area contributed by atoms with Gasteiger partial charge in [0.2, 0.25) is 21.8 Å². The lowest BCUT2D eigenvalue weighted by atomic mass is 10.1. The lowest BCUT2D eigenvalue weighted by Crippen LogP contribution is -2.49. The number of nitrogens with two attached hydrogens (primary N) is 1. The number of nitrogens with one attached hydrogen (secondary N) is 3. The topological polar surface area (TPSA) is 155 Å². The molecule has 2 amide bonds. The average molecular weight is 500 g/mol. The summed E-state index contributed by atoms with van der Waals surface area (Å²) < 4.78 is 34.0. The summed E-state index contributed by atoms with van der Waals surface area (Å²) in [5.74, 6) is -0.0928. The Bertz CT molecular complexity index is 1230. The summed E-state index contributed by atoms with van der Waals surface area (Å²) in [6.45, 7) is 1.01. The second-order valence-electron chi connectivity index (χ2n) is 8.68. The van der Waals surface area contributed by atoms with Crippen molar-refractivity contribution in [3.05, 3.63) is 59.2 Å². The Hall–Kier alpha value is -3.44. The molecular weight excluding hydrogens is 470 g/mol. The first-order chi connectivity index (χ1) is 16.7. The highest BCUT2D eigenvalue weighted by Gasteiger charge is 2.32. The molecular formula is C24H29N5O5S. The Balaban J connectivity index is 1.36. The summed E-state index contributed by atoms with van der Waals surface area (Å²) in [5.41, 5.74) is 7.70. The minimum atomic E-state index is -3.92. The summed E-state index contributed by atoms with van der Waals surface area (Å²) in [6, 6.07) is 10.7. The Morgan fingerprint density at radius 2 is 1.94 bits per heavy atom. The SMILES string of the molecule is N=C(N)c1ccc(CNC(=O)CN2CCCC[C@H](NS(=O)(=O)c3ccc4c(c3)CCO4)C2=O)cc1. The van der Waals surface area contributed by atoms with Crippen molar-refractivity contribution >= 4 is 27.7 Å². The van der Waals surface area contributed by atoms with E-state index in [1.165, 1.54) is 11.0 Å². The molecule has 1 saturated heterocycles. The summed E-state index contributed by atoms with van der Waals surface area (Å²) in [7, 11) is -3.92. The van der Waals surface area contributed by atoms with Crippen molar-refractivity contribution in [1.29, 1.82) is 5.41 Å². The maximum Gasteiger partial charge on any atom is 0.241 e. The highest BCUT2D eigenvalue weighted by Crippen LogP contribution is 2.28. The molecule has 2 aromatic rings. The van der Waals surface area contributed by atoms with Gasteiger partial charge in [0.15, 0.2) is 0 Å². The van der Waals surface area contributed by atoms with E-state index in [1.54, 1.807) is 36.4 Å². The van der Waals surface area contributed by atoms with E-state index in [1.807, 2.05) is 0 Å². The quantitative estimate of drug-likeness (QED) is 0.312. The number of hydrogen-bond acceptors (Lipinski definition) is 6. The highest BCUT2D eigenvalue weighted by atomic mass is 32.2. The molecule has 5 N–H and O–H groups in total. The van der Waals surface area contributed by atoms with Gasteiger partial charge in [-0.15, -0.1) is 0 Å². The van der Waals surface area contributed by atoms with Gasteiger partial charge in [-0.05, 0) is 48.6 Å². The summed E-state index contributed by atoms with van der Waals surface area (Å²) in [5, 5.41) is 10.2. The maximum absolute atomic E-state index is 13.1. The van der Waals surface area contributed by atoms with Crippen LogP contribution in [0.5, 0.6) is 5.75 Å². The van der Waals surface area contributed by atoms with E-state index in [9.17, 15) is 18.0 Å². The van der Waals surface area contributed by atoms with Crippen LogP contribution in [-0.2, 0) is 32.6 Å². The molecule has 0 bridgehead atoms. The Morgan fingerprint density at radius 1 is 1.17 bits per heavy atom. The molecule has 11 heteroatoms. The number of likely N-dealkylation sites (tertiary alicyclic amines) is 1. The normalized spacial score (nSPS) is 17.9. The molecule has 0 saturated carbocycles. The molecule has 4 rings (SSSR count). The maximum atomic E-state index is 13.1. The lowest BCUT2D eigenvalue weighted by molar-refractivity contribution is -0.136. The number of carbonyl (C=O) groups excluding carboxylic acids is 2. The van der Waals surface area contributed by atoms with Crippen LogP contribution < -0.4 is 20.5 Å². The molecule has 1 fully saturated rings. The van der Waals surface area contributed by atoms with Gasteiger partial charge in [0.1, 0.15) is 17.6 Å². The van der Waals surface area contributed by atoms with Crippen LogP contribution in [-0.4, -0.2) is 56.7 Å². The zero-order valence-corrected chi connectivity index (χ0v) is 20.1. The van der Waals surface area contributed by atoms with Gasteiger partial charge < -0.3 is 20.7 Å². The van der Waals surface area contributed by atoms with E-state index in [-0.39, 0.29) is 29.7 Å².